The van der Waals surface area contributed by atoms with Crippen molar-refractivity contribution in [2.45, 2.75) is 39.0 Å². The zero-order valence-electron chi connectivity index (χ0n) is 6.52. The fraction of sp³-hybridized carbons (Fsp3) is 0.889. The molecule has 1 heteroatoms. The fourth-order valence-electron chi connectivity index (χ4n) is 2.55. The van der Waals surface area contributed by atoms with E-state index < -0.39 is 0 Å². The number of Topliss-reactive ketones (excluding diaryl/α,β-unsaturated/α-hetero) is 1. The van der Waals surface area contributed by atoms with Gasteiger partial charge in [0.2, 0.25) is 0 Å². The molecule has 0 aliphatic heterocycles. The topological polar surface area (TPSA) is 17.1 Å². The molecule has 2 saturated carbocycles. The lowest BCUT2D eigenvalue weighted by atomic mass is 9.54. The normalized spacial score (nSPS) is 46.1. The van der Waals surface area contributed by atoms with E-state index in [1.807, 2.05) is 0 Å². The minimum absolute atomic E-state index is 0.440. The smallest absolute Gasteiger partial charge is 0.137 e. The van der Waals surface area contributed by atoms with Crippen molar-refractivity contribution in [2.24, 2.45) is 11.3 Å². The summed E-state index contributed by atoms with van der Waals surface area (Å²) in [7, 11) is 0. The van der Waals surface area contributed by atoms with Crippen LogP contribution in [0.15, 0.2) is 0 Å². The van der Waals surface area contributed by atoms with Crippen LogP contribution in [0.25, 0.3) is 0 Å². The minimum atomic E-state index is 0.440. The van der Waals surface area contributed by atoms with E-state index in [4.69, 9.17) is 0 Å². The van der Waals surface area contributed by atoms with Gasteiger partial charge in [-0.15, -0.1) is 0 Å². The van der Waals surface area contributed by atoms with Gasteiger partial charge in [-0.25, -0.2) is 0 Å². The molecule has 0 bridgehead atoms. The van der Waals surface area contributed by atoms with Crippen molar-refractivity contribution in [3.8, 4) is 0 Å². The lowest BCUT2D eigenvalue weighted by Gasteiger charge is -2.48. The van der Waals surface area contributed by atoms with E-state index >= 15 is 0 Å². The maximum absolute atomic E-state index is 11.1. The third kappa shape index (κ3) is 0.664. The van der Waals surface area contributed by atoms with Crippen LogP contribution >= 0.6 is 0 Å². The van der Waals surface area contributed by atoms with Crippen molar-refractivity contribution in [2.75, 3.05) is 0 Å². The van der Waals surface area contributed by atoms with Crippen LogP contribution in [0.3, 0.4) is 0 Å². The van der Waals surface area contributed by atoms with Crippen LogP contribution in [0.1, 0.15) is 39.0 Å². The largest absolute Gasteiger partial charge is 0.299 e. The summed E-state index contributed by atoms with van der Waals surface area (Å²) in [6.45, 7) is 2.28. The lowest BCUT2D eigenvalue weighted by Crippen LogP contribution is -2.48. The Labute approximate surface area is 61.8 Å². The second kappa shape index (κ2) is 1.84. The van der Waals surface area contributed by atoms with Gasteiger partial charge >= 0.3 is 0 Å². The van der Waals surface area contributed by atoms with Gasteiger partial charge in [0.1, 0.15) is 5.78 Å². The quantitative estimate of drug-likeness (QED) is 0.501. The maximum atomic E-state index is 11.1. The Morgan fingerprint density at radius 1 is 1.50 bits per heavy atom. The van der Waals surface area contributed by atoms with E-state index in [2.05, 4.69) is 6.92 Å². The van der Waals surface area contributed by atoms with Gasteiger partial charge in [0, 0.05) is 12.3 Å². The molecule has 0 radical (unpaired) electrons. The van der Waals surface area contributed by atoms with Crippen LogP contribution < -0.4 is 0 Å². The van der Waals surface area contributed by atoms with Crippen LogP contribution in [0.5, 0.6) is 0 Å². The zero-order chi connectivity index (χ0) is 7.19. The van der Waals surface area contributed by atoms with Crippen LogP contribution in [-0.2, 0) is 4.79 Å². The molecule has 2 atom stereocenters. The number of rotatable bonds is 0. The van der Waals surface area contributed by atoms with E-state index in [0.717, 1.165) is 6.42 Å². The first-order valence-electron chi connectivity index (χ1n) is 4.25. The summed E-state index contributed by atoms with van der Waals surface area (Å²) in [4.78, 5) is 11.1. The van der Waals surface area contributed by atoms with Gasteiger partial charge in [0.15, 0.2) is 0 Å². The molecule has 0 unspecified atom stereocenters. The Morgan fingerprint density at radius 2 is 2.30 bits per heavy atom. The number of carbonyl (C=O) groups excluding carboxylic acids is 1. The fourth-order valence-corrected chi connectivity index (χ4v) is 2.55. The second-order valence-corrected chi connectivity index (χ2v) is 4.10. The molecule has 10 heavy (non-hydrogen) atoms. The summed E-state index contributed by atoms with van der Waals surface area (Å²) in [6.07, 6.45) is 5.97. The predicted molar refractivity (Wildman–Crippen MR) is 39.7 cm³/mol. The highest BCUT2D eigenvalue weighted by atomic mass is 16.1. The van der Waals surface area contributed by atoms with Gasteiger partial charge in [0.05, 0.1) is 0 Å². The lowest BCUT2D eigenvalue weighted by molar-refractivity contribution is -0.145. The summed E-state index contributed by atoms with van der Waals surface area (Å²) >= 11 is 0. The van der Waals surface area contributed by atoms with Crippen molar-refractivity contribution in [1.29, 1.82) is 0 Å². The second-order valence-electron chi connectivity index (χ2n) is 4.10. The van der Waals surface area contributed by atoms with E-state index in [1.165, 1.54) is 25.7 Å². The highest BCUT2D eigenvalue weighted by molar-refractivity contribution is 5.88. The third-order valence-corrected chi connectivity index (χ3v) is 3.30. The van der Waals surface area contributed by atoms with Gasteiger partial charge in [-0.2, -0.15) is 0 Å². The first kappa shape index (κ1) is 6.38. The first-order chi connectivity index (χ1) is 4.72. The minimum Gasteiger partial charge on any atom is -0.299 e. The molecule has 2 fully saturated rings. The van der Waals surface area contributed by atoms with Crippen LogP contribution in [0.4, 0.5) is 0 Å². The number of fused-ring (bicyclic) bond motifs is 1. The molecule has 2 rings (SSSR count). The molecule has 0 aromatic heterocycles. The molecule has 0 heterocycles. The molecule has 0 N–H and O–H groups in total. The Morgan fingerprint density at radius 3 is 2.80 bits per heavy atom. The summed E-state index contributed by atoms with van der Waals surface area (Å²) in [6, 6.07) is 0. The molecular formula is C9H14O. The van der Waals surface area contributed by atoms with E-state index in [1.54, 1.807) is 0 Å². The molecule has 2 aliphatic rings. The predicted octanol–water partition coefficient (Wildman–Crippen LogP) is 2.16. The van der Waals surface area contributed by atoms with Gasteiger partial charge in [-0.3, -0.25) is 4.79 Å². The molecule has 1 nitrogen and oxygen atoms in total. The third-order valence-electron chi connectivity index (χ3n) is 3.30. The molecule has 2 aliphatic carbocycles. The highest BCUT2D eigenvalue weighted by Crippen LogP contribution is 2.52. The van der Waals surface area contributed by atoms with E-state index in [0.29, 0.717) is 17.1 Å². The number of hydrogen-bond acceptors (Lipinski definition) is 1. The number of carbonyl (C=O) groups is 1. The number of ketones is 1. The molecule has 0 saturated heterocycles. The average molecular weight is 138 g/mol. The van der Waals surface area contributed by atoms with Crippen LogP contribution in [0, 0.1) is 11.3 Å². The van der Waals surface area contributed by atoms with E-state index in [9.17, 15) is 4.79 Å². The summed E-state index contributed by atoms with van der Waals surface area (Å²) in [5, 5.41) is 0. The van der Waals surface area contributed by atoms with Gasteiger partial charge in [0.25, 0.3) is 0 Å². The Bertz CT molecular complexity index is 174. The molecule has 0 aromatic rings. The van der Waals surface area contributed by atoms with Gasteiger partial charge in [-0.05, 0) is 18.3 Å². The SMILES string of the molecule is C[C@@]12CCCC[C@@H]1C(=O)C2. The molecule has 56 valence electrons. The summed E-state index contributed by atoms with van der Waals surface area (Å²) in [5.41, 5.74) is 0.440. The van der Waals surface area contributed by atoms with Crippen molar-refractivity contribution < 1.29 is 4.79 Å². The summed E-state index contributed by atoms with van der Waals surface area (Å²) < 4.78 is 0. The zero-order valence-corrected chi connectivity index (χ0v) is 6.52. The Kier molecular flexibility index (Phi) is 1.17. The monoisotopic (exact) mass is 138 g/mol. The van der Waals surface area contributed by atoms with E-state index in [-0.39, 0.29) is 0 Å². The standard InChI is InChI=1S/C9H14O/c1-9-5-3-2-4-7(9)8(10)6-9/h7H,2-6H2,1H3/t7-,9+/m1/s1. The Hall–Kier alpha value is -0.330. The maximum Gasteiger partial charge on any atom is 0.137 e. The molecular weight excluding hydrogens is 124 g/mol. The van der Waals surface area contributed by atoms with Crippen LogP contribution in [0.2, 0.25) is 0 Å². The van der Waals surface area contributed by atoms with Crippen molar-refractivity contribution in [1.82, 2.24) is 0 Å². The molecule has 0 aromatic carbocycles. The Balaban J connectivity index is 2.13. The average Bonchev–Trinajstić information content (AvgIpc) is 1.86. The molecule has 0 amide bonds. The van der Waals surface area contributed by atoms with Gasteiger partial charge < -0.3 is 0 Å². The van der Waals surface area contributed by atoms with Gasteiger partial charge in [-0.1, -0.05) is 19.8 Å². The van der Waals surface area contributed by atoms with Crippen LogP contribution in [-0.4, -0.2) is 5.78 Å². The van der Waals surface area contributed by atoms with Crippen molar-refractivity contribution in [3.05, 3.63) is 0 Å². The summed E-state index contributed by atoms with van der Waals surface area (Å²) in [5.74, 6) is 0.989. The highest BCUT2D eigenvalue weighted by Gasteiger charge is 2.50. The van der Waals surface area contributed by atoms with Crippen molar-refractivity contribution >= 4 is 5.78 Å². The molecule has 0 spiro atoms. The first-order valence-corrected chi connectivity index (χ1v) is 4.25. The number of hydrogen-bond donors (Lipinski definition) is 0. The van der Waals surface area contributed by atoms with Crippen molar-refractivity contribution in [3.63, 3.8) is 0 Å².